The van der Waals surface area contributed by atoms with Crippen molar-refractivity contribution in [3.8, 4) is 0 Å². The molecular formula is C65H125NO4. The van der Waals surface area contributed by atoms with Gasteiger partial charge in [-0.05, 0) is 51.4 Å². The van der Waals surface area contributed by atoms with E-state index in [1.165, 1.54) is 289 Å². The number of aliphatic hydroxyl groups is 3. The van der Waals surface area contributed by atoms with Gasteiger partial charge in [0.2, 0.25) is 5.91 Å². The SMILES string of the molecule is CCCCCCCCCCC/C=C\C/C=C\CCCCCCCCCCCCCCCCCCC(O)C(=O)NC(CO)C(O)/C=C/CCCCCCCCCCCCCCCCCCCCCCCC. The molecule has 1 amide bonds. The van der Waals surface area contributed by atoms with Crippen LogP contribution in [0.4, 0.5) is 0 Å². The van der Waals surface area contributed by atoms with Crippen molar-refractivity contribution in [2.45, 2.75) is 366 Å². The maximum absolute atomic E-state index is 12.6. The summed E-state index contributed by atoms with van der Waals surface area (Å²) in [6, 6.07) is -0.798. The maximum Gasteiger partial charge on any atom is 0.249 e. The number of aliphatic hydroxyl groups excluding tert-OH is 3. The minimum Gasteiger partial charge on any atom is -0.394 e. The summed E-state index contributed by atoms with van der Waals surface area (Å²) in [4.78, 5) is 12.6. The predicted octanol–water partition coefficient (Wildman–Crippen LogP) is 20.2. The van der Waals surface area contributed by atoms with Crippen LogP contribution in [-0.2, 0) is 4.79 Å². The largest absolute Gasteiger partial charge is 0.394 e. The summed E-state index contributed by atoms with van der Waals surface area (Å²) < 4.78 is 0. The highest BCUT2D eigenvalue weighted by molar-refractivity contribution is 5.80. The molecule has 5 nitrogen and oxygen atoms in total. The molecule has 0 heterocycles. The number of carbonyl (C=O) groups is 1. The fourth-order valence-corrected chi connectivity index (χ4v) is 10.0. The minimum atomic E-state index is -1.10. The Labute approximate surface area is 438 Å². The zero-order chi connectivity index (χ0) is 50.7. The lowest BCUT2D eigenvalue weighted by molar-refractivity contribution is -0.131. The van der Waals surface area contributed by atoms with Crippen LogP contribution in [0.25, 0.3) is 0 Å². The van der Waals surface area contributed by atoms with E-state index in [1.54, 1.807) is 6.08 Å². The van der Waals surface area contributed by atoms with Crippen molar-refractivity contribution in [2.24, 2.45) is 0 Å². The Balaban J connectivity index is 3.53. The summed E-state index contributed by atoms with van der Waals surface area (Å²) in [6.45, 7) is 4.22. The van der Waals surface area contributed by atoms with Crippen molar-refractivity contribution in [3.05, 3.63) is 36.5 Å². The summed E-state index contributed by atoms with van der Waals surface area (Å²) in [5.74, 6) is -0.498. The quantitative estimate of drug-likeness (QED) is 0.0361. The third-order valence-electron chi connectivity index (χ3n) is 15.0. The van der Waals surface area contributed by atoms with Gasteiger partial charge in [0.1, 0.15) is 6.10 Å². The molecule has 0 aliphatic rings. The predicted molar refractivity (Wildman–Crippen MR) is 310 cm³/mol. The van der Waals surface area contributed by atoms with Crippen LogP contribution in [0.3, 0.4) is 0 Å². The van der Waals surface area contributed by atoms with E-state index in [2.05, 4.69) is 43.5 Å². The molecule has 0 spiro atoms. The molecule has 3 unspecified atom stereocenters. The first-order valence-corrected chi connectivity index (χ1v) is 31.8. The Morgan fingerprint density at radius 1 is 0.357 bits per heavy atom. The van der Waals surface area contributed by atoms with Gasteiger partial charge in [-0.15, -0.1) is 0 Å². The monoisotopic (exact) mass is 984 g/mol. The molecule has 0 aromatic rings. The average Bonchev–Trinajstić information content (AvgIpc) is 3.36. The third kappa shape index (κ3) is 54.3. The number of amides is 1. The lowest BCUT2D eigenvalue weighted by Gasteiger charge is -2.21. The van der Waals surface area contributed by atoms with Crippen molar-refractivity contribution in [1.29, 1.82) is 0 Å². The third-order valence-corrected chi connectivity index (χ3v) is 15.0. The Morgan fingerprint density at radius 3 is 0.900 bits per heavy atom. The van der Waals surface area contributed by atoms with E-state index in [4.69, 9.17) is 0 Å². The molecule has 70 heavy (non-hydrogen) atoms. The summed E-state index contributed by atoms with van der Waals surface area (Å²) in [6.07, 6.45) is 79.7. The van der Waals surface area contributed by atoms with Crippen LogP contribution >= 0.6 is 0 Å². The molecular weight excluding hydrogens is 859 g/mol. The van der Waals surface area contributed by atoms with E-state index in [1.807, 2.05) is 6.08 Å². The first-order chi connectivity index (χ1) is 34.6. The summed E-state index contributed by atoms with van der Waals surface area (Å²) in [5.41, 5.74) is 0. The Morgan fingerprint density at radius 2 is 0.614 bits per heavy atom. The summed E-state index contributed by atoms with van der Waals surface area (Å²) in [5, 5.41) is 33.5. The number of nitrogens with one attached hydrogen (secondary N) is 1. The Kier molecular flexibility index (Phi) is 58.9. The molecule has 4 N–H and O–H groups in total. The van der Waals surface area contributed by atoms with Crippen molar-refractivity contribution in [1.82, 2.24) is 5.32 Å². The van der Waals surface area contributed by atoms with Crippen molar-refractivity contribution in [2.75, 3.05) is 6.61 Å². The highest BCUT2D eigenvalue weighted by Crippen LogP contribution is 2.18. The second kappa shape index (κ2) is 60.1. The second-order valence-corrected chi connectivity index (χ2v) is 22.0. The topological polar surface area (TPSA) is 89.8 Å². The average molecular weight is 985 g/mol. The van der Waals surface area contributed by atoms with Gasteiger partial charge in [0.05, 0.1) is 18.8 Å². The van der Waals surface area contributed by atoms with Gasteiger partial charge in [0.25, 0.3) is 0 Å². The van der Waals surface area contributed by atoms with Crippen LogP contribution in [0.1, 0.15) is 348 Å². The summed E-state index contributed by atoms with van der Waals surface area (Å²) in [7, 11) is 0. The Bertz CT molecular complexity index is 1090. The molecule has 414 valence electrons. The molecule has 0 aromatic heterocycles. The number of allylic oxidation sites excluding steroid dienone is 5. The maximum atomic E-state index is 12.6. The molecule has 0 aliphatic heterocycles. The normalized spacial score (nSPS) is 13.4. The Hall–Kier alpha value is -1.43. The van der Waals surface area contributed by atoms with Crippen LogP contribution in [0, 0.1) is 0 Å². The number of unbranched alkanes of at least 4 members (excludes halogenated alkanes) is 47. The van der Waals surface area contributed by atoms with Gasteiger partial charge >= 0.3 is 0 Å². The van der Waals surface area contributed by atoms with E-state index >= 15 is 0 Å². The molecule has 3 atom stereocenters. The second-order valence-electron chi connectivity index (χ2n) is 22.0. The summed E-state index contributed by atoms with van der Waals surface area (Å²) >= 11 is 0. The van der Waals surface area contributed by atoms with E-state index in [-0.39, 0.29) is 6.61 Å². The van der Waals surface area contributed by atoms with Gasteiger partial charge in [-0.3, -0.25) is 4.79 Å². The van der Waals surface area contributed by atoms with Crippen molar-refractivity contribution < 1.29 is 20.1 Å². The molecule has 0 aromatic carbocycles. The minimum absolute atomic E-state index is 0.361. The molecule has 0 saturated heterocycles. The smallest absolute Gasteiger partial charge is 0.249 e. The number of hydrogen-bond donors (Lipinski definition) is 4. The molecule has 0 saturated carbocycles. The highest BCUT2D eigenvalue weighted by atomic mass is 16.3. The number of hydrogen-bond acceptors (Lipinski definition) is 4. The highest BCUT2D eigenvalue weighted by Gasteiger charge is 2.22. The first kappa shape index (κ1) is 68.6. The van der Waals surface area contributed by atoms with Crippen molar-refractivity contribution >= 4 is 5.91 Å². The van der Waals surface area contributed by atoms with Crippen LogP contribution in [0.2, 0.25) is 0 Å². The standard InChI is InChI=1S/C65H125NO4/c1-3-5-7-9-11-13-15-17-19-21-23-25-27-29-30-31-32-33-34-35-36-38-40-42-44-46-48-50-52-54-56-58-60-64(69)65(70)66-62(61-67)63(68)59-57-55-53-51-49-47-45-43-41-39-37-28-26-24-22-20-18-16-14-12-10-8-6-4-2/h23,25,29-30,57,59,62-64,67-69H,3-22,24,26-28,31-56,58,60-61H2,1-2H3,(H,66,70)/b25-23-,30-29-,59-57+. The van der Waals surface area contributed by atoms with Crippen LogP contribution in [0.5, 0.6) is 0 Å². The lowest BCUT2D eigenvalue weighted by Crippen LogP contribution is -2.48. The van der Waals surface area contributed by atoms with Gasteiger partial charge in [-0.25, -0.2) is 0 Å². The lowest BCUT2D eigenvalue weighted by atomic mass is 10.0. The van der Waals surface area contributed by atoms with E-state index in [9.17, 15) is 20.1 Å². The van der Waals surface area contributed by atoms with Gasteiger partial charge in [0.15, 0.2) is 0 Å². The van der Waals surface area contributed by atoms with E-state index in [0.717, 1.165) is 38.5 Å². The molecule has 0 fully saturated rings. The number of rotatable bonds is 59. The fraction of sp³-hybridized carbons (Fsp3) is 0.892. The van der Waals surface area contributed by atoms with Gasteiger partial charge < -0.3 is 20.6 Å². The van der Waals surface area contributed by atoms with E-state index in [0.29, 0.717) is 6.42 Å². The van der Waals surface area contributed by atoms with Crippen LogP contribution < -0.4 is 5.32 Å². The van der Waals surface area contributed by atoms with Crippen molar-refractivity contribution in [3.63, 3.8) is 0 Å². The molecule has 5 heteroatoms. The zero-order valence-corrected chi connectivity index (χ0v) is 47.4. The van der Waals surface area contributed by atoms with Gasteiger partial charge in [-0.1, -0.05) is 333 Å². The fourth-order valence-electron chi connectivity index (χ4n) is 10.0. The first-order valence-electron chi connectivity index (χ1n) is 31.8. The molecule has 0 radical (unpaired) electrons. The molecule has 0 aliphatic carbocycles. The van der Waals surface area contributed by atoms with Crippen LogP contribution in [-0.4, -0.2) is 46.1 Å². The number of carbonyl (C=O) groups excluding carboxylic acids is 1. The van der Waals surface area contributed by atoms with Gasteiger partial charge in [-0.2, -0.15) is 0 Å². The van der Waals surface area contributed by atoms with Crippen LogP contribution in [0.15, 0.2) is 36.5 Å². The molecule has 0 bridgehead atoms. The van der Waals surface area contributed by atoms with E-state index < -0.39 is 24.2 Å². The molecule has 0 rings (SSSR count). The van der Waals surface area contributed by atoms with Gasteiger partial charge in [0, 0.05) is 0 Å². The zero-order valence-electron chi connectivity index (χ0n) is 47.4.